The standard InChI is InChI=1S/C27H38N2/c1-6-10-23(17-21(4)7-2)24-11-9-12-25(18-24)29-20-26-13-15-27(19-26,16-14-26)22(5)28-8-3/h6,9-12,17-18,29H,4,7-8,13-16,19-20H2,1-3,5H3/b10-6-,23-17+,28-22?. The van der Waals surface area contributed by atoms with Crippen molar-refractivity contribution in [2.24, 2.45) is 15.8 Å². The zero-order valence-electron chi connectivity index (χ0n) is 18.9. The molecule has 0 spiro atoms. The molecule has 0 unspecified atom stereocenters. The third-order valence-corrected chi connectivity index (χ3v) is 7.17. The van der Waals surface area contributed by atoms with E-state index in [0.717, 1.165) is 25.1 Å². The topological polar surface area (TPSA) is 24.4 Å². The van der Waals surface area contributed by atoms with Crippen molar-refractivity contribution >= 4 is 17.0 Å². The van der Waals surface area contributed by atoms with Crippen molar-refractivity contribution in [3.8, 4) is 0 Å². The monoisotopic (exact) mass is 390 g/mol. The normalized spacial score (nSPS) is 27.0. The lowest BCUT2D eigenvalue weighted by atomic mass is 9.79. The summed E-state index contributed by atoms with van der Waals surface area (Å²) < 4.78 is 0. The molecule has 2 heteroatoms. The van der Waals surface area contributed by atoms with Gasteiger partial charge in [0.05, 0.1) is 0 Å². The Morgan fingerprint density at radius 3 is 2.62 bits per heavy atom. The van der Waals surface area contributed by atoms with E-state index >= 15 is 0 Å². The summed E-state index contributed by atoms with van der Waals surface area (Å²) in [6.07, 6.45) is 14.1. The van der Waals surface area contributed by atoms with Crippen molar-refractivity contribution in [3.63, 3.8) is 0 Å². The SMILES string of the molecule is C=C(/C=C(\C=C/C)c1cccc(NCC23CCC(C(C)=NCC)(CC2)C3)c1)CC. The molecule has 1 aromatic carbocycles. The number of rotatable bonds is 9. The van der Waals surface area contributed by atoms with Gasteiger partial charge in [-0.3, -0.25) is 4.99 Å². The molecule has 0 amide bonds. The summed E-state index contributed by atoms with van der Waals surface area (Å²) in [4.78, 5) is 4.78. The third-order valence-electron chi connectivity index (χ3n) is 7.17. The van der Waals surface area contributed by atoms with Crippen LogP contribution in [0.25, 0.3) is 5.57 Å². The Balaban J connectivity index is 1.71. The predicted molar refractivity (Wildman–Crippen MR) is 129 cm³/mol. The van der Waals surface area contributed by atoms with Crippen molar-refractivity contribution < 1.29 is 0 Å². The summed E-state index contributed by atoms with van der Waals surface area (Å²) in [6.45, 7) is 14.8. The van der Waals surface area contributed by atoms with Gasteiger partial charge < -0.3 is 5.32 Å². The predicted octanol–water partition coefficient (Wildman–Crippen LogP) is 7.46. The minimum Gasteiger partial charge on any atom is -0.384 e. The Labute approximate surface area is 177 Å². The first-order chi connectivity index (χ1) is 14.0. The first-order valence-electron chi connectivity index (χ1n) is 11.3. The quantitative estimate of drug-likeness (QED) is 0.343. The zero-order chi connectivity index (χ0) is 20.9. The molecule has 2 fully saturated rings. The highest BCUT2D eigenvalue weighted by Gasteiger charge is 2.55. The molecule has 0 radical (unpaired) electrons. The summed E-state index contributed by atoms with van der Waals surface area (Å²) in [5.41, 5.74) is 7.09. The molecule has 0 saturated heterocycles. The number of allylic oxidation sites excluding steroid dienone is 5. The molecule has 2 aliphatic rings. The van der Waals surface area contributed by atoms with Gasteiger partial charge in [0.15, 0.2) is 0 Å². The van der Waals surface area contributed by atoms with Crippen molar-refractivity contribution in [2.45, 2.75) is 66.2 Å². The second-order valence-corrected chi connectivity index (χ2v) is 9.06. The lowest BCUT2D eigenvalue weighted by Crippen LogP contribution is -2.24. The largest absolute Gasteiger partial charge is 0.384 e. The van der Waals surface area contributed by atoms with E-state index in [1.807, 2.05) is 0 Å². The van der Waals surface area contributed by atoms with Gasteiger partial charge in [-0.25, -0.2) is 0 Å². The average molecular weight is 391 g/mol. The number of nitrogens with zero attached hydrogens (tertiary/aromatic N) is 1. The van der Waals surface area contributed by atoms with Crippen LogP contribution in [0.2, 0.25) is 0 Å². The number of nitrogens with one attached hydrogen (secondary N) is 1. The lowest BCUT2D eigenvalue weighted by Gasteiger charge is -2.28. The van der Waals surface area contributed by atoms with Gasteiger partial charge in [0.2, 0.25) is 0 Å². The molecule has 0 aromatic heterocycles. The fraction of sp³-hybridized carbons (Fsp3) is 0.519. The molecule has 29 heavy (non-hydrogen) atoms. The van der Waals surface area contributed by atoms with E-state index in [1.54, 1.807) is 0 Å². The lowest BCUT2D eigenvalue weighted by molar-refractivity contribution is 0.312. The van der Waals surface area contributed by atoms with Crippen LogP contribution in [0.15, 0.2) is 59.6 Å². The summed E-state index contributed by atoms with van der Waals surface area (Å²) in [7, 11) is 0. The van der Waals surface area contributed by atoms with E-state index in [0.29, 0.717) is 10.8 Å². The Morgan fingerprint density at radius 1 is 1.21 bits per heavy atom. The smallest absolute Gasteiger partial charge is 0.0360 e. The molecule has 2 saturated carbocycles. The molecule has 0 heterocycles. The number of hydrogen-bond donors (Lipinski definition) is 1. The number of anilines is 1. The van der Waals surface area contributed by atoms with Crippen LogP contribution in [0, 0.1) is 10.8 Å². The average Bonchev–Trinajstić information content (AvgIpc) is 3.30. The Kier molecular flexibility index (Phi) is 6.82. The molecule has 2 aliphatic carbocycles. The van der Waals surface area contributed by atoms with Gasteiger partial charge in [0.1, 0.15) is 0 Å². The van der Waals surface area contributed by atoms with Crippen molar-refractivity contribution in [1.29, 1.82) is 0 Å². The Morgan fingerprint density at radius 2 is 1.97 bits per heavy atom. The van der Waals surface area contributed by atoms with Crippen LogP contribution in [-0.4, -0.2) is 18.8 Å². The van der Waals surface area contributed by atoms with Gasteiger partial charge in [-0.1, -0.05) is 49.4 Å². The number of benzene rings is 1. The van der Waals surface area contributed by atoms with E-state index in [9.17, 15) is 0 Å². The van der Waals surface area contributed by atoms with Crippen LogP contribution in [0.4, 0.5) is 5.69 Å². The molecule has 3 rings (SSSR count). The van der Waals surface area contributed by atoms with Crippen LogP contribution < -0.4 is 5.32 Å². The molecular formula is C27H38N2. The van der Waals surface area contributed by atoms with Crippen LogP contribution in [-0.2, 0) is 0 Å². The molecule has 0 aliphatic heterocycles. The fourth-order valence-electron chi connectivity index (χ4n) is 5.29. The minimum atomic E-state index is 0.391. The van der Waals surface area contributed by atoms with Gasteiger partial charge in [0.25, 0.3) is 0 Å². The highest BCUT2D eigenvalue weighted by atomic mass is 14.9. The Bertz CT molecular complexity index is 817. The molecule has 1 N–H and O–H groups in total. The van der Waals surface area contributed by atoms with Crippen LogP contribution in [0.5, 0.6) is 0 Å². The van der Waals surface area contributed by atoms with E-state index in [2.05, 4.69) is 82.1 Å². The molecule has 0 atom stereocenters. The number of aliphatic imine (C=N–C) groups is 1. The van der Waals surface area contributed by atoms with E-state index < -0.39 is 0 Å². The summed E-state index contributed by atoms with van der Waals surface area (Å²) in [6, 6.07) is 8.83. The van der Waals surface area contributed by atoms with Gasteiger partial charge >= 0.3 is 0 Å². The minimum absolute atomic E-state index is 0.391. The summed E-state index contributed by atoms with van der Waals surface area (Å²) >= 11 is 0. The Hall–Kier alpha value is -2.09. The third kappa shape index (κ3) is 4.74. The first-order valence-corrected chi connectivity index (χ1v) is 11.3. The highest BCUT2D eigenvalue weighted by molar-refractivity contribution is 5.89. The van der Waals surface area contributed by atoms with Gasteiger partial charge in [-0.15, -0.1) is 0 Å². The second kappa shape index (κ2) is 9.15. The molecule has 156 valence electrons. The van der Waals surface area contributed by atoms with Crippen molar-refractivity contribution in [3.05, 3.63) is 60.2 Å². The fourth-order valence-corrected chi connectivity index (χ4v) is 5.29. The second-order valence-electron chi connectivity index (χ2n) is 9.06. The van der Waals surface area contributed by atoms with Crippen molar-refractivity contribution in [1.82, 2.24) is 0 Å². The molecule has 2 bridgehead atoms. The summed E-state index contributed by atoms with van der Waals surface area (Å²) in [5, 5.41) is 3.78. The summed E-state index contributed by atoms with van der Waals surface area (Å²) in [5.74, 6) is 0. The van der Waals surface area contributed by atoms with E-state index in [-0.39, 0.29) is 0 Å². The van der Waals surface area contributed by atoms with E-state index in [1.165, 1.54) is 54.6 Å². The van der Waals surface area contributed by atoms with Crippen molar-refractivity contribution in [2.75, 3.05) is 18.4 Å². The maximum Gasteiger partial charge on any atom is 0.0360 e. The number of hydrogen-bond acceptors (Lipinski definition) is 2. The zero-order valence-corrected chi connectivity index (χ0v) is 18.9. The van der Waals surface area contributed by atoms with Gasteiger partial charge in [0, 0.05) is 29.9 Å². The maximum absolute atomic E-state index is 4.78. The van der Waals surface area contributed by atoms with Gasteiger partial charge in [-0.2, -0.15) is 0 Å². The van der Waals surface area contributed by atoms with Crippen LogP contribution in [0.3, 0.4) is 0 Å². The van der Waals surface area contributed by atoms with E-state index in [4.69, 9.17) is 4.99 Å². The first kappa shape index (κ1) is 21.6. The maximum atomic E-state index is 4.78. The van der Waals surface area contributed by atoms with Gasteiger partial charge in [-0.05, 0) is 88.0 Å². The molecule has 1 aromatic rings. The highest BCUT2D eigenvalue weighted by Crippen LogP contribution is 2.62. The van der Waals surface area contributed by atoms with Crippen LogP contribution >= 0.6 is 0 Å². The van der Waals surface area contributed by atoms with Crippen LogP contribution in [0.1, 0.15) is 71.8 Å². The number of fused-ring (bicyclic) bond motifs is 2. The molecular weight excluding hydrogens is 352 g/mol. The molecule has 2 nitrogen and oxygen atoms in total.